The van der Waals surface area contributed by atoms with Gasteiger partial charge in [0.05, 0.1) is 0 Å². The van der Waals surface area contributed by atoms with Crippen LogP contribution in [0.4, 0.5) is 0 Å². The van der Waals surface area contributed by atoms with E-state index >= 15 is 0 Å². The van der Waals surface area contributed by atoms with Crippen LogP contribution in [0.3, 0.4) is 0 Å². The largest absolute Gasteiger partial charge is 0.0625 e. The molecule has 0 fully saturated rings. The van der Waals surface area contributed by atoms with Crippen molar-refractivity contribution in [1.29, 1.82) is 0 Å². The maximum atomic E-state index is 2.43. The molecule has 0 rings (SSSR count). The molecule has 0 aliphatic carbocycles. The molecular formula is C15H32. The zero-order valence-electron chi connectivity index (χ0n) is 12.4. The predicted octanol–water partition coefficient (Wildman–Crippen LogP) is 5.38. The molecular weight excluding hydrogens is 180 g/mol. The van der Waals surface area contributed by atoms with E-state index in [-0.39, 0.29) is 0 Å². The van der Waals surface area contributed by atoms with E-state index in [4.69, 9.17) is 0 Å². The molecule has 0 N–H and O–H groups in total. The third kappa shape index (κ3) is 5.04. The van der Waals surface area contributed by atoms with E-state index in [1.54, 1.807) is 0 Å². The molecule has 0 bridgehead atoms. The first-order valence-electron chi connectivity index (χ1n) is 6.47. The van der Waals surface area contributed by atoms with Gasteiger partial charge in [-0.1, -0.05) is 62.3 Å². The average Bonchev–Trinajstić information content (AvgIpc) is 1.96. The first-order valence-corrected chi connectivity index (χ1v) is 6.47. The fourth-order valence-corrected chi connectivity index (χ4v) is 2.82. The third-order valence-corrected chi connectivity index (χ3v) is 4.06. The number of hydrogen-bond donors (Lipinski definition) is 0. The maximum absolute atomic E-state index is 2.43. The van der Waals surface area contributed by atoms with Crippen molar-refractivity contribution in [2.45, 2.75) is 68.7 Å². The molecule has 2 unspecified atom stereocenters. The molecule has 0 aliphatic rings. The van der Waals surface area contributed by atoms with Gasteiger partial charge in [0.1, 0.15) is 0 Å². The zero-order valence-corrected chi connectivity index (χ0v) is 12.4. The first kappa shape index (κ1) is 15.0. The van der Waals surface area contributed by atoms with Gasteiger partial charge in [0.15, 0.2) is 0 Å². The van der Waals surface area contributed by atoms with Gasteiger partial charge in [-0.3, -0.25) is 0 Å². The average molecular weight is 212 g/mol. The van der Waals surface area contributed by atoms with Crippen LogP contribution in [0, 0.1) is 28.6 Å². The van der Waals surface area contributed by atoms with Crippen molar-refractivity contribution in [1.82, 2.24) is 0 Å². The minimum absolute atomic E-state index is 0.439. The van der Waals surface area contributed by atoms with E-state index in [1.807, 2.05) is 0 Å². The molecule has 15 heavy (non-hydrogen) atoms. The van der Waals surface area contributed by atoms with E-state index in [2.05, 4.69) is 62.3 Å². The minimum Gasteiger partial charge on any atom is -0.0625 e. The summed E-state index contributed by atoms with van der Waals surface area (Å²) in [6.45, 7) is 21.4. The molecule has 0 nitrogen and oxygen atoms in total. The second-order valence-electron chi connectivity index (χ2n) is 7.62. The molecule has 0 saturated carbocycles. The van der Waals surface area contributed by atoms with E-state index < -0.39 is 0 Å². The Labute approximate surface area is 97.8 Å². The smallest absolute Gasteiger partial charge is 0.0321 e. The molecule has 0 amide bonds. The summed E-state index contributed by atoms with van der Waals surface area (Å²) in [5, 5.41) is 0. The van der Waals surface area contributed by atoms with E-state index in [0.29, 0.717) is 10.8 Å². The molecule has 0 aromatic rings. The lowest BCUT2D eigenvalue weighted by molar-refractivity contribution is 0.0846. The Bertz CT molecular complexity index is 181. The lowest BCUT2D eigenvalue weighted by Gasteiger charge is -2.41. The van der Waals surface area contributed by atoms with Crippen molar-refractivity contribution in [3.63, 3.8) is 0 Å². The first-order chi connectivity index (χ1) is 6.47. The highest BCUT2D eigenvalue weighted by Gasteiger charge is 2.34. The summed E-state index contributed by atoms with van der Waals surface area (Å²) in [6.07, 6.45) is 1.30. The maximum Gasteiger partial charge on any atom is -0.0321 e. The highest BCUT2D eigenvalue weighted by molar-refractivity contribution is 4.84. The zero-order chi connectivity index (χ0) is 12.4. The van der Waals surface area contributed by atoms with Crippen molar-refractivity contribution in [2.24, 2.45) is 28.6 Å². The van der Waals surface area contributed by atoms with Gasteiger partial charge in [0.2, 0.25) is 0 Å². The highest BCUT2D eigenvalue weighted by Crippen LogP contribution is 2.43. The number of rotatable bonds is 4. The van der Waals surface area contributed by atoms with Crippen LogP contribution in [0.5, 0.6) is 0 Å². The molecule has 0 spiro atoms. The molecule has 92 valence electrons. The van der Waals surface area contributed by atoms with Crippen LogP contribution in [-0.4, -0.2) is 0 Å². The fraction of sp³-hybridized carbons (Fsp3) is 1.00. The predicted molar refractivity (Wildman–Crippen MR) is 71.0 cm³/mol. The Hall–Kier alpha value is 0. The molecule has 0 aromatic heterocycles. The Balaban J connectivity index is 4.58. The Morgan fingerprint density at radius 3 is 1.47 bits per heavy atom. The van der Waals surface area contributed by atoms with Gasteiger partial charge in [-0.15, -0.1) is 0 Å². The van der Waals surface area contributed by atoms with Crippen molar-refractivity contribution in [3.05, 3.63) is 0 Å². The highest BCUT2D eigenvalue weighted by atomic mass is 14.4. The van der Waals surface area contributed by atoms with Crippen LogP contribution in [0.1, 0.15) is 68.7 Å². The van der Waals surface area contributed by atoms with Gasteiger partial charge in [0, 0.05) is 0 Å². The van der Waals surface area contributed by atoms with Crippen LogP contribution in [0.2, 0.25) is 0 Å². The topological polar surface area (TPSA) is 0 Å². The lowest BCUT2D eigenvalue weighted by Crippen LogP contribution is -2.33. The summed E-state index contributed by atoms with van der Waals surface area (Å²) >= 11 is 0. The van der Waals surface area contributed by atoms with Gasteiger partial charge in [-0.2, -0.15) is 0 Å². The van der Waals surface area contributed by atoms with E-state index in [0.717, 1.165) is 17.8 Å². The lowest BCUT2D eigenvalue weighted by atomic mass is 9.64. The second-order valence-corrected chi connectivity index (χ2v) is 7.62. The van der Waals surface area contributed by atoms with E-state index in [1.165, 1.54) is 6.42 Å². The van der Waals surface area contributed by atoms with E-state index in [9.17, 15) is 0 Å². The van der Waals surface area contributed by atoms with Gasteiger partial charge >= 0.3 is 0 Å². The Morgan fingerprint density at radius 1 is 0.800 bits per heavy atom. The SMILES string of the molecule is CC(C)C(C)C(C)C(C)(C)CC(C)(C)C. The minimum atomic E-state index is 0.439. The van der Waals surface area contributed by atoms with Gasteiger partial charge < -0.3 is 0 Å². The standard InChI is InChI=1S/C15H32/c1-11(2)12(3)13(4)15(8,9)10-14(5,6)7/h11-13H,10H2,1-9H3. The quantitative estimate of drug-likeness (QED) is 0.587. The van der Waals surface area contributed by atoms with Crippen LogP contribution in [0.15, 0.2) is 0 Å². The summed E-state index contributed by atoms with van der Waals surface area (Å²) in [7, 11) is 0. The monoisotopic (exact) mass is 212 g/mol. The second kappa shape index (κ2) is 4.89. The molecule has 0 saturated heterocycles. The Kier molecular flexibility index (Phi) is 4.89. The number of hydrogen-bond acceptors (Lipinski definition) is 0. The molecule has 0 heteroatoms. The van der Waals surface area contributed by atoms with Crippen molar-refractivity contribution >= 4 is 0 Å². The van der Waals surface area contributed by atoms with Crippen LogP contribution >= 0.6 is 0 Å². The Morgan fingerprint density at radius 2 is 1.20 bits per heavy atom. The molecule has 0 aliphatic heterocycles. The van der Waals surface area contributed by atoms with Gasteiger partial charge in [-0.05, 0) is 35.0 Å². The molecule has 0 radical (unpaired) electrons. The van der Waals surface area contributed by atoms with Crippen molar-refractivity contribution < 1.29 is 0 Å². The normalized spacial score (nSPS) is 18.0. The van der Waals surface area contributed by atoms with Crippen LogP contribution in [0.25, 0.3) is 0 Å². The van der Waals surface area contributed by atoms with Gasteiger partial charge in [0.25, 0.3) is 0 Å². The van der Waals surface area contributed by atoms with Gasteiger partial charge in [-0.25, -0.2) is 0 Å². The third-order valence-electron chi connectivity index (χ3n) is 4.06. The summed E-state index contributed by atoms with van der Waals surface area (Å²) in [6, 6.07) is 0. The summed E-state index contributed by atoms with van der Waals surface area (Å²) in [5.41, 5.74) is 0.885. The summed E-state index contributed by atoms with van der Waals surface area (Å²) < 4.78 is 0. The fourth-order valence-electron chi connectivity index (χ4n) is 2.82. The van der Waals surface area contributed by atoms with Crippen LogP contribution in [-0.2, 0) is 0 Å². The van der Waals surface area contributed by atoms with Crippen molar-refractivity contribution in [2.75, 3.05) is 0 Å². The summed E-state index contributed by atoms with van der Waals surface area (Å²) in [4.78, 5) is 0. The molecule has 0 heterocycles. The molecule has 0 aromatic carbocycles. The summed E-state index contributed by atoms with van der Waals surface area (Å²) in [5.74, 6) is 2.39. The van der Waals surface area contributed by atoms with Crippen LogP contribution < -0.4 is 0 Å². The molecule has 2 atom stereocenters. The van der Waals surface area contributed by atoms with Crippen molar-refractivity contribution in [3.8, 4) is 0 Å².